The van der Waals surface area contributed by atoms with Crippen LogP contribution in [0.25, 0.3) is 0 Å². The molecular formula is C11H12N4O2. The van der Waals surface area contributed by atoms with Crippen LogP contribution in [-0.4, -0.2) is 25.8 Å². The molecule has 0 spiro atoms. The lowest BCUT2D eigenvalue weighted by Crippen LogP contribution is -2.05. The summed E-state index contributed by atoms with van der Waals surface area (Å²) >= 11 is 0. The van der Waals surface area contributed by atoms with E-state index in [0.29, 0.717) is 6.54 Å². The zero-order valence-corrected chi connectivity index (χ0v) is 9.29. The molecule has 2 aromatic rings. The molecule has 3 N–H and O–H groups in total. The number of pyridine rings is 1. The van der Waals surface area contributed by atoms with Crippen LogP contribution in [0.1, 0.15) is 21.9 Å². The minimum Gasteiger partial charge on any atom is -0.476 e. The molecule has 6 heteroatoms. The molecule has 0 fully saturated rings. The number of aromatic nitrogens is 3. The Morgan fingerprint density at radius 3 is 2.88 bits per heavy atom. The van der Waals surface area contributed by atoms with Gasteiger partial charge in [0.2, 0.25) is 0 Å². The summed E-state index contributed by atoms with van der Waals surface area (Å²) in [7, 11) is 0. The Morgan fingerprint density at radius 2 is 2.29 bits per heavy atom. The zero-order chi connectivity index (χ0) is 12.4. The molecule has 0 saturated heterocycles. The van der Waals surface area contributed by atoms with Gasteiger partial charge in [0.15, 0.2) is 5.69 Å². The number of hydrogen-bond donors (Lipinski definition) is 2. The van der Waals surface area contributed by atoms with Gasteiger partial charge in [-0.2, -0.15) is 5.10 Å². The maximum atomic E-state index is 10.8. The van der Waals surface area contributed by atoms with E-state index < -0.39 is 5.97 Å². The van der Waals surface area contributed by atoms with Gasteiger partial charge in [0.25, 0.3) is 0 Å². The van der Waals surface area contributed by atoms with Gasteiger partial charge in [-0.05, 0) is 19.1 Å². The van der Waals surface area contributed by atoms with Gasteiger partial charge < -0.3 is 10.8 Å². The molecule has 0 radical (unpaired) electrons. The number of nitrogens with two attached hydrogens (primary N) is 1. The van der Waals surface area contributed by atoms with Crippen LogP contribution in [0.15, 0.2) is 24.4 Å². The van der Waals surface area contributed by atoms with Crippen LogP contribution >= 0.6 is 0 Å². The summed E-state index contributed by atoms with van der Waals surface area (Å²) in [4.78, 5) is 15.1. The fourth-order valence-electron chi connectivity index (χ4n) is 1.54. The highest BCUT2D eigenvalue weighted by Gasteiger charge is 2.13. The second kappa shape index (κ2) is 4.25. The van der Waals surface area contributed by atoms with Gasteiger partial charge in [0, 0.05) is 11.9 Å². The molecule has 2 aromatic heterocycles. The number of carboxylic acid groups (broad SMARTS) is 1. The van der Waals surface area contributed by atoms with E-state index in [-0.39, 0.29) is 11.4 Å². The lowest BCUT2D eigenvalue weighted by atomic mass is 10.3. The van der Waals surface area contributed by atoms with Gasteiger partial charge >= 0.3 is 5.97 Å². The third-order valence-electron chi connectivity index (χ3n) is 2.26. The van der Waals surface area contributed by atoms with Gasteiger partial charge in [-0.25, -0.2) is 4.79 Å². The summed E-state index contributed by atoms with van der Waals surface area (Å²) in [6.45, 7) is 2.29. The Hall–Kier alpha value is -2.37. The molecule has 0 unspecified atom stereocenters. The molecule has 88 valence electrons. The van der Waals surface area contributed by atoms with Crippen LogP contribution in [0.2, 0.25) is 0 Å². The largest absolute Gasteiger partial charge is 0.476 e. The molecule has 2 rings (SSSR count). The van der Waals surface area contributed by atoms with Crippen molar-refractivity contribution < 1.29 is 9.90 Å². The molecule has 0 atom stereocenters. The highest BCUT2D eigenvalue weighted by molar-refractivity contribution is 5.91. The summed E-state index contributed by atoms with van der Waals surface area (Å²) in [6.07, 6.45) is 1.49. The number of carbonyl (C=O) groups is 1. The zero-order valence-electron chi connectivity index (χ0n) is 9.29. The van der Waals surface area contributed by atoms with Gasteiger partial charge in [-0.1, -0.05) is 6.07 Å². The minimum absolute atomic E-state index is 0.127. The van der Waals surface area contributed by atoms with E-state index in [0.717, 1.165) is 11.4 Å². The van der Waals surface area contributed by atoms with E-state index in [1.807, 2.05) is 25.1 Å². The number of nitrogen functional groups attached to an aromatic ring is 1. The first-order valence-electron chi connectivity index (χ1n) is 5.05. The molecule has 0 bridgehead atoms. The topological polar surface area (TPSA) is 94.0 Å². The molecule has 0 aliphatic heterocycles. The molecule has 0 saturated carbocycles. The first-order chi connectivity index (χ1) is 8.06. The smallest absolute Gasteiger partial charge is 0.358 e. The van der Waals surface area contributed by atoms with Crippen molar-refractivity contribution in [3.05, 3.63) is 41.5 Å². The summed E-state index contributed by atoms with van der Waals surface area (Å²) in [5, 5.41) is 12.7. The van der Waals surface area contributed by atoms with E-state index in [4.69, 9.17) is 10.8 Å². The molecule has 0 aliphatic rings. The molecular weight excluding hydrogens is 220 g/mol. The number of hydrogen-bond acceptors (Lipinski definition) is 4. The fraction of sp³-hybridized carbons (Fsp3) is 0.182. The van der Waals surface area contributed by atoms with Crippen molar-refractivity contribution in [3.8, 4) is 0 Å². The molecule has 0 aromatic carbocycles. The monoisotopic (exact) mass is 232 g/mol. The summed E-state index contributed by atoms with van der Waals surface area (Å²) in [5.41, 5.74) is 7.29. The lowest BCUT2D eigenvalue weighted by molar-refractivity contribution is 0.0690. The molecule has 0 amide bonds. The van der Waals surface area contributed by atoms with Crippen molar-refractivity contribution in [2.75, 3.05) is 5.73 Å². The normalized spacial score (nSPS) is 10.4. The molecule has 2 heterocycles. The van der Waals surface area contributed by atoms with Crippen molar-refractivity contribution in [2.24, 2.45) is 0 Å². The third kappa shape index (κ3) is 2.41. The number of carboxylic acids is 1. The standard InChI is InChI=1S/C11H12N4O2/c1-7-3-2-4-8(13-7)5-15-6-9(12)10(14-15)11(16)17/h2-4,6H,5,12H2,1H3,(H,16,17). The predicted octanol–water partition coefficient (Wildman–Crippen LogP) is 0.915. The number of nitrogens with zero attached hydrogens (tertiary/aromatic N) is 3. The predicted molar refractivity (Wildman–Crippen MR) is 61.7 cm³/mol. The lowest BCUT2D eigenvalue weighted by Gasteiger charge is -2.01. The maximum absolute atomic E-state index is 10.8. The van der Waals surface area contributed by atoms with Crippen LogP contribution in [0, 0.1) is 6.92 Å². The number of aromatic carboxylic acids is 1. The average Bonchev–Trinajstić information content (AvgIpc) is 2.59. The van der Waals surface area contributed by atoms with Crippen molar-refractivity contribution in [2.45, 2.75) is 13.5 Å². The van der Waals surface area contributed by atoms with E-state index in [2.05, 4.69) is 10.1 Å². The van der Waals surface area contributed by atoms with Crippen molar-refractivity contribution in [3.63, 3.8) is 0 Å². The molecule has 17 heavy (non-hydrogen) atoms. The van der Waals surface area contributed by atoms with Crippen molar-refractivity contribution in [1.82, 2.24) is 14.8 Å². The van der Waals surface area contributed by atoms with Crippen LogP contribution in [0.4, 0.5) is 5.69 Å². The maximum Gasteiger partial charge on any atom is 0.358 e. The highest BCUT2D eigenvalue weighted by Crippen LogP contribution is 2.10. The summed E-state index contributed by atoms with van der Waals surface area (Å²) < 4.78 is 1.47. The van der Waals surface area contributed by atoms with Crippen molar-refractivity contribution >= 4 is 11.7 Å². The quantitative estimate of drug-likeness (QED) is 0.820. The Labute approximate surface area is 97.7 Å². The van der Waals surface area contributed by atoms with Crippen LogP contribution < -0.4 is 5.73 Å². The average molecular weight is 232 g/mol. The minimum atomic E-state index is -1.13. The van der Waals surface area contributed by atoms with E-state index in [1.165, 1.54) is 10.9 Å². The Kier molecular flexibility index (Phi) is 2.78. The van der Waals surface area contributed by atoms with Crippen LogP contribution in [0.3, 0.4) is 0 Å². The second-order valence-corrected chi connectivity index (χ2v) is 3.71. The first kappa shape index (κ1) is 11.1. The Balaban J connectivity index is 2.25. The number of anilines is 1. The Morgan fingerprint density at radius 1 is 1.53 bits per heavy atom. The SMILES string of the molecule is Cc1cccc(Cn2cc(N)c(C(=O)O)n2)n1. The van der Waals surface area contributed by atoms with Gasteiger partial charge in [-0.3, -0.25) is 9.67 Å². The van der Waals surface area contributed by atoms with Crippen LogP contribution in [0.5, 0.6) is 0 Å². The van der Waals surface area contributed by atoms with Gasteiger partial charge in [-0.15, -0.1) is 0 Å². The van der Waals surface area contributed by atoms with E-state index in [9.17, 15) is 4.79 Å². The number of aryl methyl sites for hydroxylation is 1. The van der Waals surface area contributed by atoms with Gasteiger partial charge in [0.05, 0.1) is 17.9 Å². The Bertz CT molecular complexity index is 562. The van der Waals surface area contributed by atoms with Gasteiger partial charge in [0.1, 0.15) is 0 Å². The first-order valence-corrected chi connectivity index (χ1v) is 5.05. The molecule has 6 nitrogen and oxygen atoms in total. The van der Waals surface area contributed by atoms with E-state index in [1.54, 1.807) is 0 Å². The summed E-state index contributed by atoms with van der Waals surface area (Å²) in [6, 6.07) is 5.64. The molecule has 0 aliphatic carbocycles. The summed E-state index contributed by atoms with van der Waals surface area (Å²) in [5.74, 6) is -1.13. The van der Waals surface area contributed by atoms with Crippen LogP contribution in [-0.2, 0) is 6.54 Å². The fourth-order valence-corrected chi connectivity index (χ4v) is 1.54. The van der Waals surface area contributed by atoms with E-state index >= 15 is 0 Å². The third-order valence-corrected chi connectivity index (χ3v) is 2.26. The number of rotatable bonds is 3. The second-order valence-electron chi connectivity index (χ2n) is 3.71. The highest BCUT2D eigenvalue weighted by atomic mass is 16.4. The van der Waals surface area contributed by atoms with Crippen molar-refractivity contribution in [1.29, 1.82) is 0 Å².